The second-order valence-electron chi connectivity index (χ2n) is 4.63. The molecule has 0 unspecified atom stereocenters. The summed E-state index contributed by atoms with van der Waals surface area (Å²) in [5.74, 6) is 0.149. The normalized spacial score (nSPS) is 28.2. The van der Waals surface area contributed by atoms with Gasteiger partial charge in [-0.2, -0.15) is 0 Å². The molecule has 15 heavy (non-hydrogen) atoms. The Labute approximate surface area is 92.7 Å². The molecule has 1 amide bonds. The van der Waals surface area contributed by atoms with Gasteiger partial charge in [0.05, 0.1) is 6.04 Å². The van der Waals surface area contributed by atoms with Gasteiger partial charge in [0.15, 0.2) is 0 Å². The molecular weight excluding hydrogens is 188 g/mol. The number of carbonyl (C=O) groups is 1. The second-order valence-corrected chi connectivity index (χ2v) is 4.63. The van der Waals surface area contributed by atoms with Gasteiger partial charge < -0.3 is 4.90 Å². The quantitative estimate of drug-likeness (QED) is 0.645. The van der Waals surface area contributed by atoms with E-state index in [1.54, 1.807) is 6.92 Å². The molecule has 0 aromatic heterocycles. The first kappa shape index (κ1) is 12.2. The maximum atomic E-state index is 11.5. The number of hydrogen-bond donors (Lipinski definition) is 0. The predicted octanol–water partition coefficient (Wildman–Crippen LogP) is 1.50. The molecule has 1 fully saturated rings. The van der Waals surface area contributed by atoms with Crippen molar-refractivity contribution in [3.05, 3.63) is 12.7 Å². The van der Waals surface area contributed by atoms with Crippen molar-refractivity contribution in [3.63, 3.8) is 0 Å². The Morgan fingerprint density at radius 2 is 2.07 bits per heavy atom. The van der Waals surface area contributed by atoms with E-state index in [0.29, 0.717) is 6.04 Å². The summed E-state index contributed by atoms with van der Waals surface area (Å²) in [6.07, 6.45) is 1.88. The van der Waals surface area contributed by atoms with E-state index >= 15 is 0 Å². The number of piperazine rings is 1. The summed E-state index contributed by atoms with van der Waals surface area (Å²) >= 11 is 0. The highest BCUT2D eigenvalue weighted by Crippen LogP contribution is 2.18. The number of amides is 1. The van der Waals surface area contributed by atoms with Crippen LogP contribution in [0.1, 0.15) is 27.7 Å². The molecule has 0 aliphatic carbocycles. The van der Waals surface area contributed by atoms with Crippen molar-refractivity contribution in [2.24, 2.45) is 0 Å². The molecule has 1 aliphatic heterocycles. The van der Waals surface area contributed by atoms with Crippen molar-refractivity contribution < 1.29 is 4.79 Å². The lowest BCUT2D eigenvalue weighted by Gasteiger charge is -2.45. The molecule has 1 aliphatic rings. The average molecular weight is 210 g/mol. The van der Waals surface area contributed by atoms with Crippen LogP contribution in [-0.2, 0) is 4.79 Å². The molecule has 0 saturated carbocycles. The highest BCUT2D eigenvalue weighted by molar-refractivity contribution is 5.74. The Morgan fingerprint density at radius 3 is 2.47 bits per heavy atom. The largest absolute Gasteiger partial charge is 0.331 e. The van der Waals surface area contributed by atoms with E-state index in [1.807, 2.05) is 11.0 Å². The molecule has 0 aromatic rings. The molecule has 0 spiro atoms. The summed E-state index contributed by atoms with van der Waals surface area (Å²) in [5.41, 5.74) is 0. The number of hydrogen-bond acceptors (Lipinski definition) is 2. The van der Waals surface area contributed by atoms with Crippen molar-refractivity contribution in [2.75, 3.05) is 13.1 Å². The SMILES string of the molecule is C=C[C@@H]1CN(C(C)C)C[C@@H](C)N1C(C)=O. The molecule has 86 valence electrons. The van der Waals surface area contributed by atoms with E-state index in [-0.39, 0.29) is 18.0 Å². The van der Waals surface area contributed by atoms with Gasteiger partial charge in [-0.15, -0.1) is 6.58 Å². The molecule has 1 rings (SSSR count). The van der Waals surface area contributed by atoms with Crippen LogP contribution >= 0.6 is 0 Å². The van der Waals surface area contributed by atoms with E-state index in [9.17, 15) is 4.79 Å². The minimum absolute atomic E-state index is 0.149. The fourth-order valence-electron chi connectivity index (χ4n) is 2.31. The third-order valence-corrected chi connectivity index (χ3v) is 3.12. The highest BCUT2D eigenvalue weighted by atomic mass is 16.2. The third-order valence-electron chi connectivity index (χ3n) is 3.12. The maximum absolute atomic E-state index is 11.5. The van der Waals surface area contributed by atoms with Crippen LogP contribution in [0, 0.1) is 0 Å². The first-order valence-electron chi connectivity index (χ1n) is 5.62. The van der Waals surface area contributed by atoms with Crippen LogP contribution in [0.15, 0.2) is 12.7 Å². The summed E-state index contributed by atoms with van der Waals surface area (Å²) in [4.78, 5) is 15.9. The smallest absolute Gasteiger partial charge is 0.220 e. The molecular formula is C12H22N2O. The van der Waals surface area contributed by atoms with Crippen LogP contribution in [0.25, 0.3) is 0 Å². The van der Waals surface area contributed by atoms with Crippen molar-refractivity contribution in [3.8, 4) is 0 Å². The van der Waals surface area contributed by atoms with E-state index in [4.69, 9.17) is 0 Å². The molecule has 0 N–H and O–H groups in total. The minimum Gasteiger partial charge on any atom is -0.331 e. The van der Waals surface area contributed by atoms with Gasteiger partial charge in [-0.05, 0) is 20.8 Å². The molecule has 3 nitrogen and oxygen atoms in total. The molecule has 3 heteroatoms. The fourth-order valence-corrected chi connectivity index (χ4v) is 2.31. The molecule has 0 aromatic carbocycles. The molecule has 1 heterocycles. The average Bonchev–Trinajstić information content (AvgIpc) is 2.15. The van der Waals surface area contributed by atoms with Gasteiger partial charge in [-0.25, -0.2) is 0 Å². The van der Waals surface area contributed by atoms with Crippen molar-refractivity contribution in [1.82, 2.24) is 9.80 Å². The van der Waals surface area contributed by atoms with E-state index in [1.165, 1.54) is 0 Å². The standard InChI is InChI=1S/C12H22N2O/c1-6-12-8-13(9(2)3)7-10(4)14(12)11(5)15/h6,9-10,12H,1,7-8H2,2-5H3/t10-,12-/m1/s1. The minimum atomic E-state index is 0.149. The fraction of sp³-hybridized carbons (Fsp3) is 0.750. The zero-order valence-corrected chi connectivity index (χ0v) is 10.2. The number of rotatable bonds is 2. The number of nitrogens with zero attached hydrogens (tertiary/aromatic N) is 2. The van der Waals surface area contributed by atoms with Crippen LogP contribution in [-0.4, -0.2) is 46.9 Å². The van der Waals surface area contributed by atoms with E-state index in [2.05, 4.69) is 32.3 Å². The van der Waals surface area contributed by atoms with Gasteiger partial charge in [-0.1, -0.05) is 6.08 Å². The molecule has 0 bridgehead atoms. The van der Waals surface area contributed by atoms with Gasteiger partial charge in [0.25, 0.3) is 0 Å². The van der Waals surface area contributed by atoms with Gasteiger partial charge >= 0.3 is 0 Å². The van der Waals surface area contributed by atoms with Gasteiger partial charge in [0, 0.05) is 32.1 Å². The number of carbonyl (C=O) groups excluding carboxylic acids is 1. The first-order valence-corrected chi connectivity index (χ1v) is 5.62. The monoisotopic (exact) mass is 210 g/mol. The van der Waals surface area contributed by atoms with Crippen LogP contribution in [0.5, 0.6) is 0 Å². The Balaban J connectivity index is 2.79. The summed E-state index contributed by atoms with van der Waals surface area (Å²) in [6, 6.07) is 0.972. The topological polar surface area (TPSA) is 23.6 Å². The Kier molecular flexibility index (Phi) is 3.91. The van der Waals surface area contributed by atoms with Crippen molar-refractivity contribution >= 4 is 5.91 Å². The first-order chi connectivity index (χ1) is 6.97. The zero-order chi connectivity index (χ0) is 11.6. The molecule has 1 saturated heterocycles. The zero-order valence-electron chi connectivity index (χ0n) is 10.2. The highest BCUT2D eigenvalue weighted by Gasteiger charge is 2.32. The van der Waals surface area contributed by atoms with Crippen LogP contribution in [0.3, 0.4) is 0 Å². The van der Waals surface area contributed by atoms with Gasteiger partial charge in [-0.3, -0.25) is 9.69 Å². The van der Waals surface area contributed by atoms with Crippen molar-refractivity contribution in [1.29, 1.82) is 0 Å². The second kappa shape index (κ2) is 4.79. The Morgan fingerprint density at radius 1 is 1.47 bits per heavy atom. The lowest BCUT2D eigenvalue weighted by molar-refractivity contribution is -0.136. The Bertz CT molecular complexity index is 250. The van der Waals surface area contributed by atoms with E-state index in [0.717, 1.165) is 13.1 Å². The molecule has 0 radical (unpaired) electrons. The van der Waals surface area contributed by atoms with E-state index < -0.39 is 0 Å². The van der Waals surface area contributed by atoms with Gasteiger partial charge in [0.2, 0.25) is 5.91 Å². The van der Waals surface area contributed by atoms with Gasteiger partial charge in [0.1, 0.15) is 0 Å². The van der Waals surface area contributed by atoms with Crippen molar-refractivity contribution in [2.45, 2.75) is 45.8 Å². The third kappa shape index (κ3) is 2.59. The lowest BCUT2D eigenvalue weighted by Crippen LogP contribution is -2.59. The molecule has 2 atom stereocenters. The van der Waals surface area contributed by atoms with Crippen LogP contribution in [0.2, 0.25) is 0 Å². The summed E-state index contributed by atoms with van der Waals surface area (Å²) in [6.45, 7) is 13.8. The predicted molar refractivity (Wildman–Crippen MR) is 62.7 cm³/mol. The Hall–Kier alpha value is -0.830. The maximum Gasteiger partial charge on any atom is 0.220 e. The summed E-state index contributed by atoms with van der Waals surface area (Å²) < 4.78 is 0. The van der Waals surface area contributed by atoms with Crippen LogP contribution in [0.4, 0.5) is 0 Å². The van der Waals surface area contributed by atoms with Crippen LogP contribution < -0.4 is 0 Å². The summed E-state index contributed by atoms with van der Waals surface area (Å²) in [7, 11) is 0. The summed E-state index contributed by atoms with van der Waals surface area (Å²) in [5, 5.41) is 0. The lowest BCUT2D eigenvalue weighted by atomic mass is 10.1.